The summed E-state index contributed by atoms with van der Waals surface area (Å²) in [6.45, 7) is 7.37. The minimum atomic E-state index is -4.21. The van der Waals surface area contributed by atoms with Gasteiger partial charge in [0, 0.05) is 18.9 Å². The molecule has 6 heteroatoms. The molecule has 17 heavy (non-hydrogen) atoms. The first-order valence-electron chi connectivity index (χ1n) is 5.33. The molecule has 0 heterocycles. The van der Waals surface area contributed by atoms with E-state index in [0.29, 0.717) is 5.56 Å². The molecule has 0 aliphatic heterocycles. The second kappa shape index (κ2) is 7.45. The van der Waals surface area contributed by atoms with Crippen LogP contribution in [-0.4, -0.2) is 23.0 Å². The average Bonchev–Trinajstić information content (AvgIpc) is 2.22. The van der Waals surface area contributed by atoms with Crippen molar-refractivity contribution < 1.29 is 19.1 Å². The molecular formula is C11H20NO4P. The molecule has 0 aromatic heterocycles. The van der Waals surface area contributed by atoms with Gasteiger partial charge < -0.3 is 20.3 Å². The van der Waals surface area contributed by atoms with Crippen molar-refractivity contribution in [3.8, 4) is 0 Å². The number of para-hydroxylation sites is 1. The van der Waals surface area contributed by atoms with Crippen LogP contribution in [0.1, 0.15) is 19.4 Å². The van der Waals surface area contributed by atoms with Gasteiger partial charge >= 0.3 is 7.60 Å². The molecule has 0 saturated heterocycles. The van der Waals surface area contributed by atoms with E-state index in [1.54, 1.807) is 19.1 Å². The average molecular weight is 261 g/mol. The summed E-state index contributed by atoms with van der Waals surface area (Å²) < 4.78 is 15.7. The SMILES string of the molecule is CCOCC.Cc1cccc(P(=O)(O)O)c1N. The molecule has 0 saturated carbocycles. The van der Waals surface area contributed by atoms with E-state index in [-0.39, 0.29) is 11.0 Å². The maximum absolute atomic E-state index is 10.8. The lowest BCUT2D eigenvalue weighted by atomic mass is 10.2. The standard InChI is InChI=1S/C7H10NO3P.C4H10O/c1-5-3-2-4-6(7(5)8)12(9,10)11;1-3-5-4-2/h2-4H,8H2,1H3,(H2,9,10,11);3-4H2,1-2H3. The lowest BCUT2D eigenvalue weighted by molar-refractivity contribution is 0.162. The Morgan fingerprint density at radius 3 is 2.12 bits per heavy atom. The molecule has 0 aliphatic carbocycles. The molecule has 0 bridgehead atoms. The highest BCUT2D eigenvalue weighted by atomic mass is 31.2. The molecule has 0 aliphatic rings. The molecule has 1 aromatic carbocycles. The van der Waals surface area contributed by atoms with Crippen LogP contribution in [0.3, 0.4) is 0 Å². The Bertz CT molecular complexity index is 387. The normalized spacial score (nSPS) is 10.6. The number of hydrogen-bond acceptors (Lipinski definition) is 3. The van der Waals surface area contributed by atoms with Gasteiger partial charge in [-0.2, -0.15) is 0 Å². The first kappa shape index (κ1) is 16.1. The van der Waals surface area contributed by atoms with Crippen molar-refractivity contribution in [2.24, 2.45) is 0 Å². The summed E-state index contributed by atoms with van der Waals surface area (Å²) in [5, 5.41) is -0.0949. The van der Waals surface area contributed by atoms with Crippen molar-refractivity contribution in [3.05, 3.63) is 23.8 Å². The topological polar surface area (TPSA) is 92.8 Å². The van der Waals surface area contributed by atoms with Crippen molar-refractivity contribution in [1.29, 1.82) is 0 Å². The number of rotatable bonds is 3. The predicted octanol–water partition coefficient (Wildman–Crippen LogP) is 1.42. The Morgan fingerprint density at radius 1 is 1.29 bits per heavy atom. The van der Waals surface area contributed by atoms with Gasteiger partial charge in [-0.1, -0.05) is 12.1 Å². The molecule has 5 nitrogen and oxygen atoms in total. The summed E-state index contributed by atoms with van der Waals surface area (Å²) in [4.78, 5) is 17.7. The predicted molar refractivity (Wildman–Crippen MR) is 69.4 cm³/mol. The Hall–Kier alpha value is -0.870. The number of anilines is 1. The molecule has 0 atom stereocenters. The van der Waals surface area contributed by atoms with Crippen LogP contribution in [0.15, 0.2) is 18.2 Å². The van der Waals surface area contributed by atoms with E-state index in [1.807, 2.05) is 13.8 Å². The smallest absolute Gasteiger partial charge is 0.358 e. The van der Waals surface area contributed by atoms with Gasteiger partial charge in [0.2, 0.25) is 0 Å². The van der Waals surface area contributed by atoms with Crippen LogP contribution in [0.4, 0.5) is 5.69 Å². The zero-order chi connectivity index (χ0) is 13.5. The third-order valence-electron chi connectivity index (χ3n) is 2.02. The second-order valence-electron chi connectivity index (χ2n) is 3.33. The van der Waals surface area contributed by atoms with E-state index >= 15 is 0 Å². The molecule has 0 spiro atoms. The Morgan fingerprint density at radius 2 is 1.82 bits per heavy atom. The highest BCUT2D eigenvalue weighted by Gasteiger charge is 2.20. The van der Waals surface area contributed by atoms with Crippen LogP contribution in [0.2, 0.25) is 0 Å². The molecule has 98 valence electrons. The monoisotopic (exact) mass is 261 g/mol. The number of hydrogen-bond donors (Lipinski definition) is 3. The zero-order valence-electron chi connectivity index (χ0n) is 10.4. The number of nitrogens with two attached hydrogens (primary N) is 1. The Balaban J connectivity index is 0.000000437. The fourth-order valence-electron chi connectivity index (χ4n) is 1.12. The van der Waals surface area contributed by atoms with Crippen LogP contribution < -0.4 is 11.0 Å². The summed E-state index contributed by atoms with van der Waals surface area (Å²) in [6.07, 6.45) is 0. The van der Waals surface area contributed by atoms with Gasteiger partial charge in [0.05, 0.1) is 5.30 Å². The highest BCUT2D eigenvalue weighted by molar-refractivity contribution is 7.60. The van der Waals surface area contributed by atoms with Gasteiger partial charge in [-0.25, -0.2) is 0 Å². The summed E-state index contributed by atoms with van der Waals surface area (Å²) >= 11 is 0. The van der Waals surface area contributed by atoms with Gasteiger partial charge in [0.1, 0.15) is 0 Å². The summed E-state index contributed by atoms with van der Waals surface area (Å²) in [6, 6.07) is 4.61. The van der Waals surface area contributed by atoms with Gasteiger partial charge in [0.15, 0.2) is 0 Å². The molecule has 0 fully saturated rings. The van der Waals surface area contributed by atoms with Crippen molar-refractivity contribution in [3.63, 3.8) is 0 Å². The van der Waals surface area contributed by atoms with Crippen LogP contribution in [0.25, 0.3) is 0 Å². The fraction of sp³-hybridized carbons (Fsp3) is 0.455. The molecule has 0 unspecified atom stereocenters. The maximum atomic E-state index is 10.8. The Kier molecular flexibility index (Phi) is 7.07. The molecule has 1 rings (SSSR count). The number of nitrogen functional groups attached to an aromatic ring is 1. The molecule has 4 N–H and O–H groups in total. The van der Waals surface area contributed by atoms with Crippen LogP contribution in [0.5, 0.6) is 0 Å². The quantitative estimate of drug-likeness (QED) is 0.565. The number of benzene rings is 1. The summed E-state index contributed by atoms with van der Waals surface area (Å²) in [5.74, 6) is 0. The lowest BCUT2D eigenvalue weighted by Crippen LogP contribution is -2.11. The minimum Gasteiger partial charge on any atom is -0.398 e. The Labute approximate surface area is 102 Å². The largest absolute Gasteiger partial charge is 0.398 e. The van der Waals surface area contributed by atoms with E-state index in [0.717, 1.165) is 13.2 Å². The van der Waals surface area contributed by atoms with Gasteiger partial charge in [0.25, 0.3) is 0 Å². The first-order valence-corrected chi connectivity index (χ1v) is 6.94. The van der Waals surface area contributed by atoms with E-state index in [2.05, 4.69) is 0 Å². The highest BCUT2D eigenvalue weighted by Crippen LogP contribution is 2.36. The van der Waals surface area contributed by atoms with Crippen molar-refractivity contribution >= 4 is 18.6 Å². The van der Waals surface area contributed by atoms with Gasteiger partial charge in [-0.15, -0.1) is 0 Å². The second-order valence-corrected chi connectivity index (χ2v) is 4.90. The van der Waals surface area contributed by atoms with Crippen LogP contribution in [0, 0.1) is 6.92 Å². The van der Waals surface area contributed by atoms with E-state index in [1.165, 1.54) is 6.07 Å². The third kappa shape index (κ3) is 5.84. The lowest BCUT2D eigenvalue weighted by Gasteiger charge is -2.08. The summed E-state index contributed by atoms with van der Waals surface area (Å²) in [7, 11) is -4.21. The first-order chi connectivity index (χ1) is 7.84. The van der Waals surface area contributed by atoms with Gasteiger partial charge in [-0.05, 0) is 32.4 Å². The van der Waals surface area contributed by atoms with E-state index in [4.69, 9.17) is 20.3 Å². The zero-order valence-corrected chi connectivity index (χ0v) is 11.3. The maximum Gasteiger partial charge on any atom is 0.358 e. The molecule has 0 amide bonds. The van der Waals surface area contributed by atoms with Crippen molar-refractivity contribution in [2.75, 3.05) is 18.9 Å². The molecule has 1 aromatic rings. The van der Waals surface area contributed by atoms with Crippen molar-refractivity contribution in [1.82, 2.24) is 0 Å². The molecule has 0 radical (unpaired) electrons. The van der Waals surface area contributed by atoms with Crippen LogP contribution >= 0.6 is 7.60 Å². The van der Waals surface area contributed by atoms with Crippen LogP contribution in [-0.2, 0) is 9.30 Å². The minimum absolute atomic E-state index is 0.0949. The van der Waals surface area contributed by atoms with E-state index in [9.17, 15) is 4.57 Å². The number of ether oxygens (including phenoxy) is 1. The van der Waals surface area contributed by atoms with Gasteiger partial charge in [-0.3, -0.25) is 4.57 Å². The van der Waals surface area contributed by atoms with E-state index < -0.39 is 7.60 Å². The van der Waals surface area contributed by atoms with Crippen molar-refractivity contribution in [2.45, 2.75) is 20.8 Å². The molecular weight excluding hydrogens is 241 g/mol. The third-order valence-corrected chi connectivity index (χ3v) is 3.04. The number of aryl methyl sites for hydroxylation is 1. The fourth-order valence-corrected chi connectivity index (χ4v) is 1.89. The summed E-state index contributed by atoms with van der Waals surface area (Å²) in [5.41, 5.74) is 6.33.